The first-order valence-corrected chi connectivity index (χ1v) is 12.5. The molecular formula is C25H33N3O3S. The number of aryl methyl sites for hydroxylation is 1. The molecule has 3 aromatic rings. The van der Waals surface area contributed by atoms with E-state index in [1.807, 2.05) is 18.2 Å². The van der Waals surface area contributed by atoms with Crippen molar-refractivity contribution in [2.24, 2.45) is 11.8 Å². The van der Waals surface area contributed by atoms with E-state index in [4.69, 9.17) is 4.52 Å². The Morgan fingerprint density at radius 2 is 1.66 bits per heavy atom. The third kappa shape index (κ3) is 5.71. The standard InChI is InChI=1S/C25H33N3O3S/c1-16(2)13-20-7-9-21(10-8-20)23-14-22(26-15-17(3)4)11-12-24(23)32(29,30)28-25-18(5)19(6)27-31-25/h7-12,14,16-17,26,28H,13,15H2,1-6H3. The Morgan fingerprint density at radius 3 is 2.22 bits per heavy atom. The van der Waals surface area contributed by atoms with Crippen LogP contribution < -0.4 is 10.0 Å². The molecule has 0 amide bonds. The highest BCUT2D eigenvalue weighted by Gasteiger charge is 2.23. The predicted molar refractivity (Wildman–Crippen MR) is 131 cm³/mol. The molecule has 0 aliphatic rings. The van der Waals surface area contributed by atoms with Gasteiger partial charge in [-0.2, -0.15) is 0 Å². The lowest BCUT2D eigenvalue weighted by Crippen LogP contribution is -2.15. The minimum absolute atomic E-state index is 0.141. The van der Waals surface area contributed by atoms with Crippen LogP contribution in [-0.2, 0) is 16.4 Å². The highest BCUT2D eigenvalue weighted by molar-refractivity contribution is 7.92. The fraction of sp³-hybridized carbons (Fsp3) is 0.400. The number of benzene rings is 2. The molecule has 3 rings (SSSR count). The number of hydrogen-bond donors (Lipinski definition) is 2. The van der Waals surface area contributed by atoms with Crippen molar-refractivity contribution in [2.45, 2.75) is 52.9 Å². The first-order chi connectivity index (χ1) is 15.1. The van der Waals surface area contributed by atoms with Crippen LogP contribution in [0.15, 0.2) is 51.9 Å². The Hall–Kier alpha value is -2.80. The molecule has 172 valence electrons. The van der Waals surface area contributed by atoms with Crippen LogP contribution >= 0.6 is 0 Å². The molecule has 1 heterocycles. The highest BCUT2D eigenvalue weighted by Crippen LogP contribution is 2.33. The van der Waals surface area contributed by atoms with Crippen molar-refractivity contribution in [1.29, 1.82) is 0 Å². The Morgan fingerprint density at radius 1 is 0.969 bits per heavy atom. The number of rotatable bonds is 9. The normalized spacial score (nSPS) is 11.9. The fourth-order valence-corrected chi connectivity index (χ4v) is 4.66. The first-order valence-electron chi connectivity index (χ1n) is 11.0. The summed E-state index contributed by atoms with van der Waals surface area (Å²) in [6.45, 7) is 13.0. The molecule has 0 saturated heterocycles. The van der Waals surface area contributed by atoms with Crippen LogP contribution in [0.1, 0.15) is 44.5 Å². The summed E-state index contributed by atoms with van der Waals surface area (Å²) in [5.74, 6) is 1.16. The smallest absolute Gasteiger partial charge is 0.264 e. The number of aromatic nitrogens is 1. The molecule has 0 unspecified atom stereocenters. The van der Waals surface area contributed by atoms with Crippen LogP contribution in [-0.4, -0.2) is 20.1 Å². The predicted octanol–water partition coefficient (Wildman–Crippen LogP) is 6.03. The summed E-state index contributed by atoms with van der Waals surface area (Å²) in [6.07, 6.45) is 0.979. The summed E-state index contributed by atoms with van der Waals surface area (Å²) in [7, 11) is -3.89. The van der Waals surface area contributed by atoms with Gasteiger partial charge in [0, 0.05) is 23.4 Å². The summed E-state index contributed by atoms with van der Waals surface area (Å²) in [5, 5.41) is 7.24. The summed E-state index contributed by atoms with van der Waals surface area (Å²) in [4.78, 5) is 0.192. The van der Waals surface area contributed by atoms with Crippen molar-refractivity contribution in [3.63, 3.8) is 0 Å². The molecule has 0 spiro atoms. The van der Waals surface area contributed by atoms with Gasteiger partial charge in [-0.1, -0.05) is 57.1 Å². The molecule has 0 radical (unpaired) electrons. The molecule has 0 aliphatic heterocycles. The number of nitrogens with zero attached hydrogens (tertiary/aromatic N) is 1. The maximum Gasteiger partial charge on any atom is 0.264 e. The van der Waals surface area contributed by atoms with Crippen molar-refractivity contribution >= 4 is 21.6 Å². The van der Waals surface area contributed by atoms with Gasteiger partial charge in [-0.05, 0) is 61.4 Å². The number of hydrogen-bond acceptors (Lipinski definition) is 5. The van der Waals surface area contributed by atoms with Gasteiger partial charge >= 0.3 is 0 Å². The third-order valence-corrected chi connectivity index (χ3v) is 6.67. The Labute approximate surface area is 191 Å². The third-order valence-electron chi connectivity index (χ3n) is 5.28. The van der Waals surface area contributed by atoms with E-state index in [-0.39, 0.29) is 10.8 Å². The van der Waals surface area contributed by atoms with E-state index in [1.54, 1.807) is 26.0 Å². The molecule has 7 heteroatoms. The van der Waals surface area contributed by atoms with E-state index in [2.05, 4.69) is 55.0 Å². The summed E-state index contributed by atoms with van der Waals surface area (Å²) >= 11 is 0. The van der Waals surface area contributed by atoms with Crippen LogP contribution in [0.4, 0.5) is 11.6 Å². The van der Waals surface area contributed by atoms with Crippen LogP contribution in [0.3, 0.4) is 0 Å². The largest absolute Gasteiger partial charge is 0.385 e. The second-order valence-electron chi connectivity index (χ2n) is 9.11. The van der Waals surface area contributed by atoms with E-state index in [0.29, 0.717) is 28.7 Å². The number of sulfonamides is 1. The van der Waals surface area contributed by atoms with Gasteiger partial charge in [0.25, 0.3) is 10.0 Å². The van der Waals surface area contributed by atoms with Crippen molar-refractivity contribution in [2.75, 3.05) is 16.6 Å². The van der Waals surface area contributed by atoms with E-state index in [9.17, 15) is 8.42 Å². The lowest BCUT2D eigenvalue weighted by molar-refractivity contribution is 0.430. The van der Waals surface area contributed by atoms with Crippen LogP contribution in [0.5, 0.6) is 0 Å². The Kier molecular flexibility index (Phi) is 7.29. The van der Waals surface area contributed by atoms with Gasteiger partial charge in [-0.3, -0.25) is 0 Å². The van der Waals surface area contributed by atoms with Gasteiger partial charge in [-0.25, -0.2) is 13.1 Å². The van der Waals surface area contributed by atoms with Crippen molar-refractivity contribution in [3.05, 3.63) is 59.3 Å². The molecule has 0 atom stereocenters. The Balaban J connectivity index is 2.03. The zero-order valence-corrected chi connectivity index (χ0v) is 20.5. The fourth-order valence-electron chi connectivity index (χ4n) is 3.40. The van der Waals surface area contributed by atoms with Crippen molar-refractivity contribution < 1.29 is 12.9 Å². The maximum atomic E-state index is 13.3. The molecule has 2 N–H and O–H groups in total. The molecule has 0 fully saturated rings. The molecule has 2 aromatic carbocycles. The summed E-state index contributed by atoms with van der Waals surface area (Å²) in [5.41, 5.74) is 4.91. The monoisotopic (exact) mass is 455 g/mol. The summed E-state index contributed by atoms with van der Waals surface area (Å²) < 4.78 is 34.4. The molecule has 6 nitrogen and oxygen atoms in total. The second-order valence-corrected chi connectivity index (χ2v) is 10.8. The van der Waals surface area contributed by atoms with Crippen LogP contribution in [0, 0.1) is 25.7 Å². The SMILES string of the molecule is Cc1noc(NS(=O)(=O)c2ccc(NCC(C)C)cc2-c2ccc(CC(C)C)cc2)c1C. The number of nitrogens with one attached hydrogen (secondary N) is 2. The van der Waals surface area contributed by atoms with Gasteiger partial charge in [0.1, 0.15) is 0 Å². The van der Waals surface area contributed by atoms with Gasteiger partial charge in [0.15, 0.2) is 0 Å². The topological polar surface area (TPSA) is 84.2 Å². The van der Waals surface area contributed by atoms with Crippen molar-refractivity contribution in [3.8, 4) is 11.1 Å². The van der Waals surface area contributed by atoms with Gasteiger partial charge < -0.3 is 9.84 Å². The molecule has 0 bridgehead atoms. The molecule has 32 heavy (non-hydrogen) atoms. The molecule has 0 aliphatic carbocycles. The van der Waals surface area contributed by atoms with E-state index < -0.39 is 10.0 Å². The zero-order valence-electron chi connectivity index (χ0n) is 19.7. The molecule has 1 aromatic heterocycles. The average Bonchev–Trinajstić information content (AvgIpc) is 3.04. The van der Waals surface area contributed by atoms with Crippen molar-refractivity contribution in [1.82, 2.24) is 5.16 Å². The second kappa shape index (κ2) is 9.77. The van der Waals surface area contributed by atoms with Gasteiger partial charge in [0.2, 0.25) is 5.88 Å². The van der Waals surface area contributed by atoms with Crippen LogP contribution in [0.25, 0.3) is 11.1 Å². The maximum absolute atomic E-state index is 13.3. The summed E-state index contributed by atoms with van der Waals surface area (Å²) in [6, 6.07) is 13.4. The minimum Gasteiger partial charge on any atom is -0.385 e. The molecule has 0 saturated carbocycles. The van der Waals surface area contributed by atoms with E-state index in [1.165, 1.54) is 5.56 Å². The molecular weight excluding hydrogens is 422 g/mol. The first kappa shape index (κ1) is 23.9. The van der Waals surface area contributed by atoms with Gasteiger partial charge in [0.05, 0.1) is 10.6 Å². The Bertz CT molecular complexity index is 1160. The minimum atomic E-state index is -3.89. The lowest BCUT2D eigenvalue weighted by Gasteiger charge is -2.16. The lowest BCUT2D eigenvalue weighted by atomic mass is 9.99. The zero-order chi connectivity index (χ0) is 23.5. The van der Waals surface area contributed by atoms with E-state index >= 15 is 0 Å². The average molecular weight is 456 g/mol. The van der Waals surface area contributed by atoms with Crippen LogP contribution in [0.2, 0.25) is 0 Å². The highest BCUT2D eigenvalue weighted by atomic mass is 32.2. The number of anilines is 2. The van der Waals surface area contributed by atoms with Gasteiger partial charge in [-0.15, -0.1) is 0 Å². The van der Waals surface area contributed by atoms with E-state index in [0.717, 1.165) is 24.2 Å². The quantitative estimate of drug-likeness (QED) is 0.412.